The first-order chi connectivity index (χ1) is 14.9. The number of rotatable bonds is 4. The van der Waals surface area contributed by atoms with Crippen molar-refractivity contribution >= 4 is 17.7 Å². The van der Waals surface area contributed by atoms with Gasteiger partial charge in [0.05, 0.1) is 0 Å². The SMILES string of the molecule is Cc1ccc(CN2CCN(C3CCN(C(=O)c4ccccc4C)CC3)C(=O)C2=O)cc1. The number of aryl methyl sites for hydroxylation is 2. The standard InChI is InChI=1S/C25H29N3O3/c1-18-7-9-20(10-8-18)17-27-15-16-28(25(31)24(27)30)21-11-13-26(14-12-21)23(29)22-6-4-3-5-19(22)2/h3-10,21H,11-17H2,1-2H3. The fraction of sp³-hybridized carbons (Fsp3) is 0.400. The molecule has 2 aromatic carbocycles. The Bertz CT molecular complexity index is 978. The van der Waals surface area contributed by atoms with Gasteiger partial charge in [-0.1, -0.05) is 48.0 Å². The summed E-state index contributed by atoms with van der Waals surface area (Å²) >= 11 is 0. The van der Waals surface area contributed by atoms with E-state index in [2.05, 4.69) is 0 Å². The number of hydrogen-bond acceptors (Lipinski definition) is 3. The van der Waals surface area contributed by atoms with Gasteiger partial charge in [0.25, 0.3) is 5.91 Å². The zero-order valence-corrected chi connectivity index (χ0v) is 18.2. The van der Waals surface area contributed by atoms with Crippen molar-refractivity contribution in [3.8, 4) is 0 Å². The van der Waals surface area contributed by atoms with E-state index in [0.29, 0.717) is 45.6 Å². The van der Waals surface area contributed by atoms with Crippen LogP contribution in [0.3, 0.4) is 0 Å². The van der Waals surface area contributed by atoms with Crippen molar-refractivity contribution in [3.05, 3.63) is 70.8 Å². The lowest BCUT2D eigenvalue weighted by molar-refractivity contribution is -0.158. The highest BCUT2D eigenvalue weighted by molar-refractivity contribution is 6.35. The maximum Gasteiger partial charge on any atom is 0.312 e. The molecule has 2 aromatic rings. The molecule has 0 atom stereocenters. The Morgan fingerprint density at radius 1 is 0.871 bits per heavy atom. The van der Waals surface area contributed by atoms with E-state index in [4.69, 9.17) is 0 Å². The molecule has 2 aliphatic rings. The normalized spacial score (nSPS) is 17.9. The summed E-state index contributed by atoms with van der Waals surface area (Å²) in [5, 5.41) is 0. The molecule has 0 radical (unpaired) electrons. The van der Waals surface area contributed by atoms with Crippen molar-refractivity contribution < 1.29 is 14.4 Å². The van der Waals surface area contributed by atoms with Gasteiger partial charge in [-0.15, -0.1) is 0 Å². The topological polar surface area (TPSA) is 60.9 Å². The first kappa shape index (κ1) is 21.1. The minimum Gasteiger partial charge on any atom is -0.338 e. The van der Waals surface area contributed by atoms with Gasteiger partial charge in [-0.2, -0.15) is 0 Å². The Hall–Kier alpha value is -3.15. The number of nitrogens with zero attached hydrogens (tertiary/aromatic N) is 3. The number of hydrogen-bond donors (Lipinski definition) is 0. The second kappa shape index (κ2) is 8.92. The molecule has 2 saturated heterocycles. The van der Waals surface area contributed by atoms with Crippen molar-refractivity contribution in [3.63, 3.8) is 0 Å². The van der Waals surface area contributed by atoms with Crippen LogP contribution in [0.1, 0.15) is 39.9 Å². The number of amides is 3. The molecule has 0 spiro atoms. The third kappa shape index (κ3) is 4.48. The first-order valence-electron chi connectivity index (χ1n) is 10.9. The minimum atomic E-state index is -0.426. The summed E-state index contributed by atoms with van der Waals surface area (Å²) in [5.74, 6) is -0.797. The van der Waals surface area contributed by atoms with Crippen LogP contribution < -0.4 is 0 Å². The monoisotopic (exact) mass is 419 g/mol. The third-order valence-electron chi connectivity index (χ3n) is 6.40. The second-order valence-corrected chi connectivity index (χ2v) is 8.55. The van der Waals surface area contributed by atoms with Crippen LogP contribution in [0.25, 0.3) is 0 Å². The number of likely N-dealkylation sites (tertiary alicyclic amines) is 1. The number of piperazine rings is 1. The van der Waals surface area contributed by atoms with Crippen molar-refractivity contribution in [2.75, 3.05) is 26.2 Å². The molecule has 31 heavy (non-hydrogen) atoms. The smallest absolute Gasteiger partial charge is 0.312 e. The fourth-order valence-corrected chi connectivity index (χ4v) is 4.47. The molecule has 6 nitrogen and oxygen atoms in total. The highest BCUT2D eigenvalue weighted by atomic mass is 16.2. The molecule has 2 aliphatic heterocycles. The Labute approximate surface area is 183 Å². The molecule has 6 heteroatoms. The van der Waals surface area contributed by atoms with Gasteiger partial charge < -0.3 is 14.7 Å². The summed E-state index contributed by atoms with van der Waals surface area (Å²) in [7, 11) is 0. The van der Waals surface area contributed by atoms with Crippen LogP contribution in [0.15, 0.2) is 48.5 Å². The molecule has 0 aliphatic carbocycles. The number of carbonyl (C=O) groups is 3. The largest absolute Gasteiger partial charge is 0.338 e. The number of benzene rings is 2. The van der Waals surface area contributed by atoms with E-state index in [1.54, 1.807) is 9.80 Å². The Balaban J connectivity index is 1.34. The maximum absolute atomic E-state index is 12.8. The molecule has 2 fully saturated rings. The molecule has 4 rings (SSSR count). The van der Waals surface area contributed by atoms with Crippen molar-refractivity contribution in [1.82, 2.24) is 14.7 Å². The van der Waals surface area contributed by atoms with Crippen molar-refractivity contribution in [2.45, 2.75) is 39.3 Å². The Morgan fingerprint density at radius 2 is 1.55 bits per heavy atom. The van der Waals surface area contributed by atoms with Crippen LogP contribution in [0.5, 0.6) is 0 Å². The van der Waals surface area contributed by atoms with Crippen LogP contribution in [-0.2, 0) is 16.1 Å². The fourth-order valence-electron chi connectivity index (χ4n) is 4.47. The quantitative estimate of drug-likeness (QED) is 0.716. The van der Waals surface area contributed by atoms with E-state index in [9.17, 15) is 14.4 Å². The molecular formula is C25H29N3O3. The Kier molecular flexibility index (Phi) is 6.07. The Morgan fingerprint density at radius 3 is 2.23 bits per heavy atom. The molecule has 162 valence electrons. The molecule has 0 N–H and O–H groups in total. The van der Waals surface area contributed by atoms with Crippen LogP contribution in [0, 0.1) is 13.8 Å². The maximum atomic E-state index is 12.8. The summed E-state index contributed by atoms with van der Waals surface area (Å²) < 4.78 is 0. The summed E-state index contributed by atoms with van der Waals surface area (Å²) in [6.07, 6.45) is 1.41. The second-order valence-electron chi connectivity index (χ2n) is 8.55. The van der Waals surface area contributed by atoms with Crippen LogP contribution >= 0.6 is 0 Å². The molecular weight excluding hydrogens is 390 g/mol. The lowest BCUT2D eigenvalue weighted by Crippen LogP contribution is -2.59. The van der Waals surface area contributed by atoms with Gasteiger partial charge in [0.2, 0.25) is 0 Å². The summed E-state index contributed by atoms with van der Waals surface area (Å²) in [5.41, 5.74) is 3.91. The highest BCUT2D eigenvalue weighted by Gasteiger charge is 2.38. The summed E-state index contributed by atoms with van der Waals surface area (Å²) in [6.45, 7) is 6.72. The molecule has 2 heterocycles. The van der Waals surface area contributed by atoms with Gasteiger partial charge in [0, 0.05) is 44.3 Å². The zero-order valence-electron chi connectivity index (χ0n) is 18.2. The zero-order chi connectivity index (χ0) is 22.0. The van der Waals surface area contributed by atoms with E-state index in [1.165, 1.54) is 5.56 Å². The highest BCUT2D eigenvalue weighted by Crippen LogP contribution is 2.22. The van der Waals surface area contributed by atoms with Gasteiger partial charge in [-0.05, 0) is 43.9 Å². The van der Waals surface area contributed by atoms with Gasteiger partial charge in [0.1, 0.15) is 0 Å². The molecule has 0 unspecified atom stereocenters. The average molecular weight is 420 g/mol. The first-order valence-corrected chi connectivity index (χ1v) is 10.9. The lowest BCUT2D eigenvalue weighted by Gasteiger charge is -2.42. The number of piperidine rings is 1. The van der Waals surface area contributed by atoms with Crippen molar-refractivity contribution in [1.29, 1.82) is 0 Å². The molecule has 0 bridgehead atoms. The molecule has 3 amide bonds. The summed E-state index contributed by atoms with van der Waals surface area (Å²) in [6, 6.07) is 15.7. The minimum absolute atomic E-state index is 0.0129. The van der Waals surface area contributed by atoms with Gasteiger partial charge in [-0.3, -0.25) is 14.4 Å². The predicted molar refractivity (Wildman–Crippen MR) is 118 cm³/mol. The van der Waals surface area contributed by atoms with E-state index in [1.807, 2.05) is 67.3 Å². The van der Waals surface area contributed by atoms with E-state index >= 15 is 0 Å². The van der Waals surface area contributed by atoms with Crippen LogP contribution in [0.4, 0.5) is 0 Å². The molecule has 0 saturated carbocycles. The van der Waals surface area contributed by atoms with Crippen LogP contribution in [-0.4, -0.2) is 64.6 Å². The van der Waals surface area contributed by atoms with Crippen molar-refractivity contribution in [2.24, 2.45) is 0 Å². The average Bonchev–Trinajstić information content (AvgIpc) is 2.78. The lowest BCUT2D eigenvalue weighted by atomic mass is 10.00. The summed E-state index contributed by atoms with van der Waals surface area (Å²) in [4.78, 5) is 43.6. The van der Waals surface area contributed by atoms with Gasteiger partial charge >= 0.3 is 11.8 Å². The number of carbonyl (C=O) groups excluding carboxylic acids is 3. The third-order valence-corrected chi connectivity index (χ3v) is 6.40. The van der Waals surface area contributed by atoms with E-state index in [0.717, 1.165) is 16.7 Å². The predicted octanol–water partition coefficient (Wildman–Crippen LogP) is 2.78. The van der Waals surface area contributed by atoms with Crippen LogP contribution in [0.2, 0.25) is 0 Å². The van der Waals surface area contributed by atoms with Gasteiger partial charge in [-0.25, -0.2) is 0 Å². The molecule has 0 aromatic heterocycles. The van der Waals surface area contributed by atoms with Gasteiger partial charge in [0.15, 0.2) is 0 Å². The van der Waals surface area contributed by atoms with E-state index < -0.39 is 11.8 Å². The van der Waals surface area contributed by atoms with E-state index in [-0.39, 0.29) is 11.9 Å².